The van der Waals surface area contributed by atoms with Crippen LogP contribution in [-0.4, -0.2) is 73.9 Å². The molecule has 2 fully saturated rings. The minimum atomic E-state index is -2.87. The first-order valence-electron chi connectivity index (χ1n) is 10.6. The summed E-state index contributed by atoms with van der Waals surface area (Å²) in [4.78, 5) is 17.4. The summed E-state index contributed by atoms with van der Waals surface area (Å²) >= 11 is 0. The zero-order valence-corrected chi connectivity index (χ0v) is 18.1. The molecule has 2 saturated heterocycles. The van der Waals surface area contributed by atoms with Crippen LogP contribution in [0.15, 0.2) is 54.6 Å². The summed E-state index contributed by atoms with van der Waals surface area (Å²) in [6.45, 7) is 5.09. The minimum Gasteiger partial charge on any atom is -0.324 e. The van der Waals surface area contributed by atoms with E-state index in [1.165, 1.54) is 0 Å². The standard InChI is InChI=1S/C23H29N3O3S/c1-18(25-12-14-26(15-13-25)20-11-16-30(28,29)17-20)23(27)24-22-10-6-5-9-21(22)19-7-3-2-4-8-19/h2-10,18,20H,11-17H2,1H3,(H,24,27). The molecule has 30 heavy (non-hydrogen) atoms. The molecule has 0 saturated carbocycles. The number of benzene rings is 2. The molecule has 0 spiro atoms. The van der Waals surface area contributed by atoms with Gasteiger partial charge in [0.1, 0.15) is 0 Å². The van der Waals surface area contributed by atoms with Gasteiger partial charge in [-0.25, -0.2) is 8.42 Å². The Bertz CT molecular complexity index is 986. The molecule has 2 aromatic rings. The number of para-hydroxylation sites is 1. The van der Waals surface area contributed by atoms with Gasteiger partial charge in [0.15, 0.2) is 9.84 Å². The first kappa shape index (κ1) is 21.0. The molecule has 2 atom stereocenters. The van der Waals surface area contributed by atoms with Gasteiger partial charge >= 0.3 is 0 Å². The lowest BCUT2D eigenvalue weighted by atomic mass is 10.0. The highest BCUT2D eigenvalue weighted by atomic mass is 32.2. The van der Waals surface area contributed by atoms with E-state index in [0.717, 1.165) is 49.4 Å². The fourth-order valence-corrected chi connectivity index (χ4v) is 6.18. The van der Waals surface area contributed by atoms with Crippen molar-refractivity contribution < 1.29 is 13.2 Å². The lowest BCUT2D eigenvalue weighted by molar-refractivity contribution is -0.121. The highest BCUT2D eigenvalue weighted by Crippen LogP contribution is 2.28. The SMILES string of the molecule is CC(C(=O)Nc1ccccc1-c1ccccc1)N1CCN(C2CCS(=O)(=O)C2)CC1. The average Bonchev–Trinajstić information content (AvgIpc) is 3.14. The second kappa shape index (κ2) is 8.88. The predicted molar refractivity (Wildman–Crippen MR) is 120 cm³/mol. The van der Waals surface area contributed by atoms with Crippen LogP contribution in [0.1, 0.15) is 13.3 Å². The molecule has 2 heterocycles. The number of sulfone groups is 1. The molecule has 0 aromatic heterocycles. The highest BCUT2D eigenvalue weighted by Gasteiger charge is 2.35. The third-order valence-electron chi connectivity index (χ3n) is 6.27. The van der Waals surface area contributed by atoms with Crippen LogP contribution in [-0.2, 0) is 14.6 Å². The number of amides is 1. The number of carbonyl (C=O) groups excluding carboxylic acids is 1. The topological polar surface area (TPSA) is 69.7 Å². The Balaban J connectivity index is 1.36. The number of hydrogen-bond donors (Lipinski definition) is 1. The second-order valence-electron chi connectivity index (χ2n) is 8.21. The largest absolute Gasteiger partial charge is 0.324 e. The van der Waals surface area contributed by atoms with Crippen LogP contribution >= 0.6 is 0 Å². The number of anilines is 1. The smallest absolute Gasteiger partial charge is 0.241 e. The van der Waals surface area contributed by atoms with E-state index < -0.39 is 9.84 Å². The Morgan fingerprint density at radius 2 is 1.67 bits per heavy atom. The third-order valence-corrected chi connectivity index (χ3v) is 8.02. The highest BCUT2D eigenvalue weighted by molar-refractivity contribution is 7.91. The molecule has 4 rings (SSSR count). The van der Waals surface area contributed by atoms with E-state index in [4.69, 9.17) is 0 Å². The molecule has 0 radical (unpaired) electrons. The molecular formula is C23H29N3O3S. The minimum absolute atomic E-state index is 0.0183. The van der Waals surface area contributed by atoms with Crippen molar-refractivity contribution in [2.24, 2.45) is 0 Å². The van der Waals surface area contributed by atoms with E-state index in [1.807, 2.05) is 61.5 Å². The maximum atomic E-state index is 13.0. The molecular weight excluding hydrogens is 398 g/mol. The number of rotatable bonds is 5. The molecule has 0 bridgehead atoms. The Kier molecular flexibility index (Phi) is 6.22. The predicted octanol–water partition coefficient (Wildman–Crippen LogP) is 2.49. The maximum Gasteiger partial charge on any atom is 0.241 e. The number of nitrogens with one attached hydrogen (secondary N) is 1. The fraction of sp³-hybridized carbons (Fsp3) is 0.435. The Labute approximate surface area is 178 Å². The van der Waals surface area contributed by atoms with Crippen molar-refractivity contribution in [2.75, 3.05) is 43.0 Å². The van der Waals surface area contributed by atoms with Crippen LogP contribution in [0.5, 0.6) is 0 Å². The molecule has 2 aliphatic rings. The quantitative estimate of drug-likeness (QED) is 0.794. The molecule has 1 amide bonds. The van der Waals surface area contributed by atoms with E-state index in [2.05, 4.69) is 15.1 Å². The van der Waals surface area contributed by atoms with E-state index in [-0.39, 0.29) is 23.7 Å². The van der Waals surface area contributed by atoms with Crippen LogP contribution in [0.3, 0.4) is 0 Å². The van der Waals surface area contributed by atoms with Crippen LogP contribution in [0.25, 0.3) is 11.1 Å². The van der Waals surface area contributed by atoms with Crippen molar-refractivity contribution in [1.29, 1.82) is 0 Å². The Morgan fingerprint density at radius 1 is 1.00 bits per heavy atom. The summed E-state index contributed by atoms with van der Waals surface area (Å²) in [5.41, 5.74) is 2.89. The van der Waals surface area contributed by atoms with Crippen LogP contribution in [0, 0.1) is 0 Å². The molecule has 2 aromatic carbocycles. The zero-order chi connectivity index (χ0) is 21.1. The monoisotopic (exact) mass is 427 g/mol. The molecule has 6 nitrogen and oxygen atoms in total. The van der Waals surface area contributed by atoms with Gasteiger partial charge in [0, 0.05) is 43.5 Å². The van der Waals surface area contributed by atoms with Gasteiger partial charge in [0.05, 0.1) is 17.5 Å². The molecule has 160 valence electrons. The second-order valence-corrected chi connectivity index (χ2v) is 10.4. The van der Waals surface area contributed by atoms with Gasteiger partial charge in [0.25, 0.3) is 0 Å². The number of carbonyl (C=O) groups is 1. The van der Waals surface area contributed by atoms with E-state index in [0.29, 0.717) is 5.75 Å². The number of hydrogen-bond acceptors (Lipinski definition) is 5. The number of nitrogens with zero attached hydrogens (tertiary/aromatic N) is 2. The van der Waals surface area contributed by atoms with Crippen LogP contribution in [0.2, 0.25) is 0 Å². The average molecular weight is 428 g/mol. The van der Waals surface area contributed by atoms with Crippen molar-refractivity contribution in [1.82, 2.24) is 9.80 Å². The molecule has 2 aliphatic heterocycles. The van der Waals surface area contributed by atoms with Crippen LogP contribution in [0.4, 0.5) is 5.69 Å². The molecule has 2 unspecified atom stereocenters. The Morgan fingerprint density at radius 3 is 2.33 bits per heavy atom. The van der Waals surface area contributed by atoms with Gasteiger partial charge in [-0.05, 0) is 25.0 Å². The first-order chi connectivity index (χ1) is 14.4. The van der Waals surface area contributed by atoms with Gasteiger partial charge in [-0.2, -0.15) is 0 Å². The van der Waals surface area contributed by atoms with Gasteiger partial charge in [-0.1, -0.05) is 48.5 Å². The lowest BCUT2D eigenvalue weighted by Gasteiger charge is -2.39. The summed E-state index contributed by atoms with van der Waals surface area (Å²) < 4.78 is 23.5. The van der Waals surface area contributed by atoms with E-state index in [9.17, 15) is 13.2 Å². The van der Waals surface area contributed by atoms with E-state index in [1.54, 1.807) is 0 Å². The van der Waals surface area contributed by atoms with Crippen LogP contribution < -0.4 is 5.32 Å². The van der Waals surface area contributed by atoms with Gasteiger partial charge in [0.2, 0.25) is 5.91 Å². The van der Waals surface area contributed by atoms with Gasteiger partial charge in [-0.15, -0.1) is 0 Å². The van der Waals surface area contributed by atoms with Gasteiger partial charge < -0.3 is 5.32 Å². The van der Waals surface area contributed by atoms with Crippen molar-refractivity contribution in [3.8, 4) is 11.1 Å². The van der Waals surface area contributed by atoms with E-state index >= 15 is 0 Å². The fourth-order valence-electron chi connectivity index (χ4n) is 4.42. The third kappa shape index (κ3) is 4.74. The summed E-state index contributed by atoms with van der Waals surface area (Å²) in [6, 6.07) is 17.8. The summed E-state index contributed by atoms with van der Waals surface area (Å²) in [5.74, 6) is 0.562. The van der Waals surface area contributed by atoms with Crippen molar-refractivity contribution in [3.63, 3.8) is 0 Å². The molecule has 1 N–H and O–H groups in total. The maximum absolute atomic E-state index is 13.0. The summed E-state index contributed by atoms with van der Waals surface area (Å²) in [7, 11) is -2.87. The Hall–Kier alpha value is -2.22. The van der Waals surface area contributed by atoms with Crippen molar-refractivity contribution in [2.45, 2.75) is 25.4 Å². The normalized spacial score (nSPS) is 23.2. The number of piperazine rings is 1. The van der Waals surface area contributed by atoms with Gasteiger partial charge in [-0.3, -0.25) is 14.6 Å². The van der Waals surface area contributed by atoms with Crippen molar-refractivity contribution >= 4 is 21.4 Å². The first-order valence-corrected chi connectivity index (χ1v) is 12.4. The zero-order valence-electron chi connectivity index (χ0n) is 17.3. The lowest BCUT2D eigenvalue weighted by Crippen LogP contribution is -2.55. The summed E-state index contributed by atoms with van der Waals surface area (Å²) in [5, 5.41) is 3.11. The molecule has 7 heteroatoms. The molecule has 0 aliphatic carbocycles. The van der Waals surface area contributed by atoms with Crippen molar-refractivity contribution in [3.05, 3.63) is 54.6 Å². The summed E-state index contributed by atoms with van der Waals surface area (Å²) in [6.07, 6.45) is 0.731.